The maximum atomic E-state index is 11.2. The van der Waals surface area contributed by atoms with Gasteiger partial charge >= 0.3 is 0 Å². The lowest BCUT2D eigenvalue weighted by Gasteiger charge is -2.04. The van der Waals surface area contributed by atoms with Gasteiger partial charge in [0.2, 0.25) is 0 Å². The van der Waals surface area contributed by atoms with Gasteiger partial charge in [-0.2, -0.15) is 16.8 Å². The van der Waals surface area contributed by atoms with E-state index in [1.54, 1.807) is 18.2 Å². The van der Waals surface area contributed by atoms with Crippen molar-refractivity contribution in [2.24, 2.45) is 10.2 Å². The molecule has 0 aliphatic heterocycles. The van der Waals surface area contributed by atoms with Crippen LogP contribution in [0.2, 0.25) is 0 Å². The maximum absolute atomic E-state index is 11.2. The second kappa shape index (κ2) is 6.70. The van der Waals surface area contributed by atoms with Crippen LogP contribution >= 0.6 is 0 Å². The zero-order valence-corrected chi connectivity index (χ0v) is 15.0. The predicted octanol–water partition coefficient (Wildman–Crippen LogP) is 3.45. The Hall–Kier alpha value is -2.86. The van der Waals surface area contributed by atoms with Gasteiger partial charge < -0.3 is 5.11 Å². The Labute approximate surface area is 154 Å². The van der Waals surface area contributed by atoms with Crippen molar-refractivity contribution < 1.29 is 31.0 Å². The number of nitrogens with zero attached hydrogens (tertiary/aromatic N) is 2. The molecule has 3 rings (SSSR count). The number of hydrogen-bond donors (Lipinski definition) is 3. The predicted molar refractivity (Wildman–Crippen MR) is 95.9 cm³/mol. The molecular weight excluding hydrogens is 396 g/mol. The molecule has 0 aliphatic rings. The average molecular weight is 408 g/mol. The lowest BCUT2D eigenvalue weighted by molar-refractivity contribution is 0.467. The molecular formula is C16H12N2O7S2. The van der Waals surface area contributed by atoms with Gasteiger partial charge in [-0.05, 0) is 35.7 Å². The van der Waals surface area contributed by atoms with Gasteiger partial charge in [0.15, 0.2) is 0 Å². The van der Waals surface area contributed by atoms with Crippen LogP contribution in [0.15, 0.2) is 74.6 Å². The largest absolute Gasteiger partial charge is 0.506 e. The van der Waals surface area contributed by atoms with Gasteiger partial charge in [0, 0.05) is 11.5 Å². The summed E-state index contributed by atoms with van der Waals surface area (Å²) in [7, 11) is -8.80. The fourth-order valence-electron chi connectivity index (χ4n) is 2.35. The Morgan fingerprint density at radius 1 is 0.704 bits per heavy atom. The van der Waals surface area contributed by atoms with E-state index in [1.165, 1.54) is 24.3 Å². The van der Waals surface area contributed by atoms with Crippen LogP contribution in [0.5, 0.6) is 5.75 Å². The average Bonchev–Trinajstić information content (AvgIpc) is 2.58. The first kappa shape index (κ1) is 18.9. The van der Waals surface area contributed by atoms with Crippen molar-refractivity contribution in [3.63, 3.8) is 0 Å². The molecule has 0 bridgehead atoms. The number of fused-ring (bicyclic) bond motifs is 1. The van der Waals surface area contributed by atoms with Crippen molar-refractivity contribution in [3.05, 3.63) is 54.6 Å². The molecule has 11 heteroatoms. The normalized spacial score (nSPS) is 12.7. The monoisotopic (exact) mass is 408 g/mol. The van der Waals surface area contributed by atoms with Crippen LogP contribution in [-0.4, -0.2) is 31.0 Å². The molecule has 0 saturated carbocycles. The van der Waals surface area contributed by atoms with Crippen molar-refractivity contribution in [2.75, 3.05) is 0 Å². The molecule has 3 aromatic carbocycles. The van der Waals surface area contributed by atoms with Crippen LogP contribution in [0.4, 0.5) is 11.4 Å². The van der Waals surface area contributed by atoms with Gasteiger partial charge in [-0.1, -0.05) is 18.2 Å². The van der Waals surface area contributed by atoms with Gasteiger partial charge in [0.05, 0.1) is 15.5 Å². The molecule has 0 radical (unpaired) electrons. The second-order valence-electron chi connectivity index (χ2n) is 5.46. The first-order valence-corrected chi connectivity index (χ1v) is 10.2. The fraction of sp³-hybridized carbons (Fsp3) is 0. The molecule has 0 aliphatic carbocycles. The minimum Gasteiger partial charge on any atom is -0.506 e. The summed E-state index contributed by atoms with van der Waals surface area (Å²) in [4.78, 5) is -0.746. The van der Waals surface area contributed by atoms with Crippen molar-refractivity contribution in [2.45, 2.75) is 9.79 Å². The second-order valence-corrected chi connectivity index (χ2v) is 8.30. The summed E-state index contributed by atoms with van der Waals surface area (Å²) in [5.41, 5.74) is 0.321. The Bertz CT molecular complexity index is 1280. The first-order chi connectivity index (χ1) is 12.6. The molecule has 3 N–H and O–H groups in total. The van der Waals surface area contributed by atoms with Crippen molar-refractivity contribution >= 4 is 42.4 Å². The fourth-order valence-corrected chi connectivity index (χ4v) is 3.36. The van der Waals surface area contributed by atoms with Crippen LogP contribution < -0.4 is 0 Å². The molecule has 0 spiro atoms. The molecule has 0 aromatic heterocycles. The molecule has 3 aromatic rings. The summed E-state index contributed by atoms with van der Waals surface area (Å²) in [6.45, 7) is 0. The van der Waals surface area contributed by atoms with Crippen LogP contribution in [0.3, 0.4) is 0 Å². The van der Waals surface area contributed by atoms with E-state index < -0.39 is 30.9 Å². The van der Waals surface area contributed by atoms with Crippen LogP contribution in [0.25, 0.3) is 10.8 Å². The standard InChI is InChI=1S/C16H12N2O7S2/c19-16-9-12(27(23,24)25)5-7-15(16)18-17-14-3-1-2-10-8-11(26(20,21)22)4-6-13(10)14/h1-9,19H,(H,20,21,22)(H,23,24,25). The Morgan fingerprint density at radius 2 is 1.30 bits per heavy atom. The molecule has 0 heterocycles. The van der Waals surface area contributed by atoms with Gasteiger partial charge in [-0.25, -0.2) is 0 Å². The summed E-state index contributed by atoms with van der Waals surface area (Å²) < 4.78 is 62.6. The number of phenols is 1. The summed E-state index contributed by atoms with van der Waals surface area (Å²) in [5, 5.41) is 18.7. The van der Waals surface area contributed by atoms with Gasteiger partial charge in [0.1, 0.15) is 11.4 Å². The molecule has 0 atom stereocenters. The zero-order chi connectivity index (χ0) is 19.8. The number of rotatable bonds is 4. The Morgan fingerprint density at radius 3 is 1.93 bits per heavy atom. The van der Waals surface area contributed by atoms with Crippen molar-refractivity contribution in [1.29, 1.82) is 0 Å². The topological polar surface area (TPSA) is 154 Å². The van der Waals surface area contributed by atoms with E-state index in [0.29, 0.717) is 16.5 Å². The lowest BCUT2D eigenvalue weighted by Crippen LogP contribution is -1.97. The molecule has 0 unspecified atom stereocenters. The highest BCUT2D eigenvalue weighted by molar-refractivity contribution is 7.86. The molecule has 9 nitrogen and oxygen atoms in total. The van der Waals surface area contributed by atoms with E-state index in [4.69, 9.17) is 9.11 Å². The van der Waals surface area contributed by atoms with Crippen molar-refractivity contribution in [1.82, 2.24) is 0 Å². The van der Waals surface area contributed by atoms with Gasteiger partial charge in [-0.3, -0.25) is 9.11 Å². The maximum Gasteiger partial charge on any atom is 0.294 e. The van der Waals surface area contributed by atoms with E-state index in [-0.39, 0.29) is 10.6 Å². The summed E-state index contributed by atoms with van der Waals surface area (Å²) in [5.74, 6) is -0.497. The number of phenolic OH excluding ortho intramolecular Hbond substituents is 1. The Balaban J connectivity index is 2.02. The minimum atomic E-state index is -4.46. The van der Waals surface area contributed by atoms with E-state index in [9.17, 15) is 21.9 Å². The van der Waals surface area contributed by atoms with Crippen molar-refractivity contribution in [3.8, 4) is 5.75 Å². The molecule has 0 fully saturated rings. The Kier molecular flexibility index (Phi) is 4.70. The highest BCUT2D eigenvalue weighted by Crippen LogP contribution is 2.33. The molecule has 0 saturated heterocycles. The number of azo groups is 1. The molecule has 140 valence electrons. The van der Waals surface area contributed by atoms with E-state index >= 15 is 0 Å². The van der Waals surface area contributed by atoms with Crippen LogP contribution in [-0.2, 0) is 20.2 Å². The lowest BCUT2D eigenvalue weighted by atomic mass is 10.1. The first-order valence-electron chi connectivity index (χ1n) is 7.28. The highest BCUT2D eigenvalue weighted by atomic mass is 32.2. The SMILES string of the molecule is O=S(=O)(O)c1ccc(N=Nc2cccc3cc(S(=O)(=O)O)ccc23)c(O)c1. The smallest absolute Gasteiger partial charge is 0.294 e. The van der Waals surface area contributed by atoms with Crippen LogP contribution in [0.1, 0.15) is 0 Å². The highest BCUT2D eigenvalue weighted by Gasteiger charge is 2.13. The number of hydrogen-bond acceptors (Lipinski definition) is 7. The van der Waals surface area contributed by atoms with Gasteiger partial charge in [0.25, 0.3) is 20.2 Å². The minimum absolute atomic E-state index is 0.0334. The van der Waals surface area contributed by atoms with Gasteiger partial charge in [-0.15, -0.1) is 10.2 Å². The molecule has 27 heavy (non-hydrogen) atoms. The van der Waals surface area contributed by atoms with E-state index in [1.807, 2.05) is 0 Å². The summed E-state index contributed by atoms with van der Waals surface area (Å²) in [6, 6.07) is 11.8. The molecule has 0 amide bonds. The zero-order valence-electron chi connectivity index (χ0n) is 13.4. The number of benzene rings is 3. The number of aromatic hydroxyl groups is 1. The third-order valence-corrected chi connectivity index (χ3v) is 5.34. The third-order valence-electron chi connectivity index (χ3n) is 3.64. The van der Waals surface area contributed by atoms with E-state index in [2.05, 4.69) is 10.2 Å². The summed E-state index contributed by atoms with van der Waals surface area (Å²) >= 11 is 0. The third kappa shape index (κ3) is 4.11. The van der Waals surface area contributed by atoms with Crippen LogP contribution in [0, 0.1) is 0 Å². The van der Waals surface area contributed by atoms with E-state index in [0.717, 1.165) is 12.1 Å². The summed E-state index contributed by atoms with van der Waals surface area (Å²) in [6.07, 6.45) is 0. The quantitative estimate of drug-likeness (QED) is 0.441.